The van der Waals surface area contributed by atoms with Crippen molar-refractivity contribution in [2.75, 3.05) is 38.0 Å². The Bertz CT molecular complexity index is 528. The maximum absolute atomic E-state index is 12.5. The second-order valence-electron chi connectivity index (χ2n) is 6.95. The molecule has 2 aliphatic rings. The number of hydrogen-bond donors (Lipinski definition) is 2. The fourth-order valence-corrected chi connectivity index (χ4v) is 3.71. The molecule has 126 valence electrons. The molecule has 1 amide bonds. The van der Waals surface area contributed by atoms with Crippen molar-refractivity contribution in [2.45, 2.75) is 32.6 Å². The van der Waals surface area contributed by atoms with E-state index in [2.05, 4.69) is 20.5 Å². The van der Waals surface area contributed by atoms with Crippen molar-refractivity contribution in [1.82, 2.24) is 15.2 Å². The van der Waals surface area contributed by atoms with Gasteiger partial charge in [0.2, 0.25) is 5.91 Å². The number of nitrogens with zero attached hydrogens (tertiary/aromatic N) is 2. The minimum absolute atomic E-state index is 0.0905. The molecule has 1 aromatic rings. The van der Waals surface area contributed by atoms with Gasteiger partial charge in [-0.2, -0.15) is 0 Å². The number of anilines is 1. The summed E-state index contributed by atoms with van der Waals surface area (Å²) in [6.07, 6.45) is 4.63. The van der Waals surface area contributed by atoms with Crippen LogP contribution in [0.1, 0.15) is 31.4 Å². The molecule has 1 aromatic heterocycles. The number of aryl methyl sites for hydroxylation is 1. The lowest BCUT2D eigenvalue weighted by Gasteiger charge is -2.35. The average molecular weight is 316 g/mol. The van der Waals surface area contributed by atoms with Crippen molar-refractivity contribution in [1.29, 1.82) is 0 Å². The first-order valence-electron chi connectivity index (χ1n) is 8.88. The van der Waals surface area contributed by atoms with Crippen LogP contribution in [-0.4, -0.2) is 48.5 Å². The number of nitrogens with one attached hydrogen (secondary N) is 2. The van der Waals surface area contributed by atoms with Crippen LogP contribution in [0.5, 0.6) is 0 Å². The van der Waals surface area contributed by atoms with E-state index in [1.54, 1.807) is 0 Å². The molecule has 0 bridgehead atoms. The van der Waals surface area contributed by atoms with Crippen LogP contribution in [0.25, 0.3) is 0 Å². The summed E-state index contributed by atoms with van der Waals surface area (Å²) in [6, 6.07) is 5.74. The van der Waals surface area contributed by atoms with Crippen molar-refractivity contribution in [3.63, 3.8) is 0 Å². The summed E-state index contributed by atoms with van der Waals surface area (Å²) in [7, 11) is 0. The number of carbonyl (C=O) groups excluding carboxylic acids is 1. The Kier molecular flexibility index (Phi) is 5.62. The number of rotatable bonds is 4. The third-order valence-electron chi connectivity index (χ3n) is 4.99. The molecule has 0 aromatic carbocycles. The van der Waals surface area contributed by atoms with Crippen molar-refractivity contribution >= 4 is 11.7 Å². The van der Waals surface area contributed by atoms with Crippen LogP contribution in [-0.2, 0) is 4.79 Å². The van der Waals surface area contributed by atoms with Gasteiger partial charge in [0.1, 0.15) is 5.82 Å². The molecule has 5 nitrogen and oxygen atoms in total. The van der Waals surface area contributed by atoms with Gasteiger partial charge in [-0.1, -0.05) is 6.07 Å². The maximum Gasteiger partial charge on any atom is 0.229 e. The van der Waals surface area contributed by atoms with Gasteiger partial charge >= 0.3 is 0 Å². The van der Waals surface area contributed by atoms with Crippen LogP contribution in [0.2, 0.25) is 0 Å². The quantitative estimate of drug-likeness (QED) is 0.892. The van der Waals surface area contributed by atoms with Gasteiger partial charge in [0, 0.05) is 18.8 Å². The number of pyridine rings is 1. The Labute approximate surface area is 138 Å². The first-order valence-corrected chi connectivity index (χ1v) is 8.88. The highest BCUT2D eigenvalue weighted by molar-refractivity contribution is 5.91. The Morgan fingerprint density at radius 1 is 1.35 bits per heavy atom. The fraction of sp³-hybridized carbons (Fsp3) is 0.667. The predicted molar refractivity (Wildman–Crippen MR) is 92.4 cm³/mol. The van der Waals surface area contributed by atoms with E-state index in [1.165, 1.54) is 12.8 Å². The topological polar surface area (TPSA) is 57.3 Å². The van der Waals surface area contributed by atoms with Crippen molar-refractivity contribution in [3.05, 3.63) is 23.9 Å². The Morgan fingerprint density at radius 3 is 2.96 bits per heavy atom. The van der Waals surface area contributed by atoms with Gasteiger partial charge in [-0.15, -0.1) is 0 Å². The molecule has 0 spiro atoms. The van der Waals surface area contributed by atoms with Crippen molar-refractivity contribution in [3.8, 4) is 0 Å². The number of hydrogen-bond acceptors (Lipinski definition) is 4. The molecule has 1 unspecified atom stereocenters. The van der Waals surface area contributed by atoms with Crippen LogP contribution in [0.15, 0.2) is 18.2 Å². The van der Waals surface area contributed by atoms with E-state index >= 15 is 0 Å². The van der Waals surface area contributed by atoms with E-state index in [0.29, 0.717) is 5.82 Å². The number of amides is 1. The minimum atomic E-state index is 0.0905. The molecule has 2 N–H and O–H groups in total. The van der Waals surface area contributed by atoms with Gasteiger partial charge in [-0.3, -0.25) is 4.79 Å². The number of carbonyl (C=O) groups is 1. The molecule has 0 saturated carbocycles. The molecule has 2 saturated heterocycles. The van der Waals surface area contributed by atoms with E-state index in [9.17, 15) is 4.79 Å². The molecule has 0 aliphatic carbocycles. The van der Waals surface area contributed by atoms with Crippen molar-refractivity contribution in [2.24, 2.45) is 11.8 Å². The van der Waals surface area contributed by atoms with E-state index in [4.69, 9.17) is 0 Å². The first kappa shape index (κ1) is 16.4. The summed E-state index contributed by atoms with van der Waals surface area (Å²) in [5.41, 5.74) is 0.930. The minimum Gasteiger partial charge on any atom is -0.317 e. The standard InChI is InChI=1S/C18H28N4O/c1-14-4-2-6-17(20-14)21-18(23)16-5-3-11-22(13-16)12-15-7-9-19-10-8-15/h2,4,6,15-16,19H,3,5,7-13H2,1H3,(H,20,21,23). The third kappa shape index (κ3) is 4.75. The number of piperidine rings is 2. The predicted octanol–water partition coefficient (Wildman–Crippen LogP) is 2.04. The van der Waals surface area contributed by atoms with Crippen LogP contribution in [0.4, 0.5) is 5.82 Å². The lowest BCUT2D eigenvalue weighted by atomic mass is 9.93. The molecular formula is C18H28N4O. The summed E-state index contributed by atoms with van der Waals surface area (Å²) in [6.45, 7) is 7.39. The summed E-state index contributed by atoms with van der Waals surface area (Å²) < 4.78 is 0. The maximum atomic E-state index is 12.5. The van der Waals surface area contributed by atoms with Crippen LogP contribution >= 0.6 is 0 Å². The number of aromatic nitrogens is 1. The van der Waals surface area contributed by atoms with E-state index in [0.717, 1.165) is 57.2 Å². The SMILES string of the molecule is Cc1cccc(NC(=O)C2CCCN(CC3CCNCC3)C2)n1. The highest BCUT2D eigenvalue weighted by Gasteiger charge is 2.27. The smallest absolute Gasteiger partial charge is 0.229 e. The molecule has 1 atom stereocenters. The van der Waals surface area contributed by atoms with Gasteiger partial charge in [-0.25, -0.2) is 4.98 Å². The average Bonchev–Trinajstić information content (AvgIpc) is 2.56. The fourth-order valence-electron chi connectivity index (χ4n) is 3.71. The Morgan fingerprint density at radius 2 is 2.17 bits per heavy atom. The van der Waals surface area contributed by atoms with E-state index < -0.39 is 0 Å². The molecule has 2 fully saturated rings. The van der Waals surface area contributed by atoms with Crippen LogP contribution in [0, 0.1) is 18.8 Å². The summed E-state index contributed by atoms with van der Waals surface area (Å²) in [5.74, 6) is 1.67. The lowest BCUT2D eigenvalue weighted by molar-refractivity contribution is -0.121. The third-order valence-corrected chi connectivity index (χ3v) is 4.99. The number of likely N-dealkylation sites (tertiary alicyclic amines) is 1. The molecule has 23 heavy (non-hydrogen) atoms. The zero-order valence-electron chi connectivity index (χ0n) is 14.1. The zero-order valence-corrected chi connectivity index (χ0v) is 14.1. The molecule has 3 heterocycles. The molecule has 2 aliphatic heterocycles. The van der Waals surface area contributed by atoms with Crippen molar-refractivity contribution < 1.29 is 4.79 Å². The van der Waals surface area contributed by atoms with Gasteiger partial charge in [-0.05, 0) is 70.3 Å². The summed E-state index contributed by atoms with van der Waals surface area (Å²) in [4.78, 5) is 19.4. The first-order chi connectivity index (χ1) is 11.2. The molecule has 0 radical (unpaired) electrons. The van der Waals surface area contributed by atoms with Gasteiger partial charge in [0.05, 0.1) is 5.92 Å². The highest BCUT2D eigenvalue weighted by Crippen LogP contribution is 2.21. The Hall–Kier alpha value is -1.46. The van der Waals surface area contributed by atoms with E-state index in [1.807, 2.05) is 25.1 Å². The zero-order chi connectivity index (χ0) is 16.1. The monoisotopic (exact) mass is 316 g/mol. The second kappa shape index (κ2) is 7.88. The largest absolute Gasteiger partial charge is 0.317 e. The summed E-state index contributed by atoms with van der Waals surface area (Å²) in [5, 5.41) is 6.41. The lowest BCUT2D eigenvalue weighted by Crippen LogP contribution is -2.44. The van der Waals surface area contributed by atoms with Crippen LogP contribution < -0.4 is 10.6 Å². The second-order valence-corrected chi connectivity index (χ2v) is 6.95. The highest BCUT2D eigenvalue weighted by atomic mass is 16.2. The molecule has 3 rings (SSSR count). The summed E-state index contributed by atoms with van der Waals surface area (Å²) >= 11 is 0. The molecular weight excluding hydrogens is 288 g/mol. The van der Waals surface area contributed by atoms with E-state index in [-0.39, 0.29) is 11.8 Å². The molecule has 5 heteroatoms. The van der Waals surface area contributed by atoms with Gasteiger partial charge in [0.25, 0.3) is 0 Å². The van der Waals surface area contributed by atoms with Gasteiger partial charge in [0.15, 0.2) is 0 Å². The normalized spacial score (nSPS) is 23.6. The Balaban J connectivity index is 1.51. The van der Waals surface area contributed by atoms with Gasteiger partial charge < -0.3 is 15.5 Å². The van der Waals surface area contributed by atoms with Crippen LogP contribution in [0.3, 0.4) is 0 Å².